The van der Waals surface area contributed by atoms with Crippen LogP contribution in [0.5, 0.6) is 0 Å². The van der Waals surface area contributed by atoms with E-state index in [2.05, 4.69) is 15.5 Å². The zero-order valence-electron chi connectivity index (χ0n) is 23.4. The second-order valence-corrected chi connectivity index (χ2v) is 12.8. The van der Waals surface area contributed by atoms with E-state index >= 15 is 0 Å². The SMILES string of the molecule is CCN1C(=O)[C@@H](NC(=O)C2CC2C(F)(F)F)[C@@H](C2CC2)c2c(C(O)N3[C@@H]4C[C@@H]4C[C@H]3NC)nn(C3CCOCC3)c21. The summed E-state index contributed by atoms with van der Waals surface area (Å²) in [4.78, 5) is 30.9. The first-order valence-electron chi connectivity index (χ1n) is 15.1. The van der Waals surface area contributed by atoms with Crippen LogP contribution in [-0.4, -0.2) is 82.8 Å². The molecule has 4 heterocycles. The van der Waals surface area contributed by atoms with Crippen molar-refractivity contribution in [2.45, 2.75) is 94.5 Å². The summed E-state index contributed by atoms with van der Waals surface area (Å²) in [6, 6.07) is -0.761. The van der Waals surface area contributed by atoms with Gasteiger partial charge in [-0.05, 0) is 70.8 Å². The van der Waals surface area contributed by atoms with Crippen molar-refractivity contribution in [1.82, 2.24) is 25.3 Å². The van der Waals surface area contributed by atoms with E-state index in [9.17, 15) is 27.9 Å². The van der Waals surface area contributed by atoms with Gasteiger partial charge in [-0.1, -0.05) is 0 Å². The number of hydrogen-bond acceptors (Lipinski definition) is 7. The van der Waals surface area contributed by atoms with Gasteiger partial charge >= 0.3 is 6.18 Å². The number of hydrogen-bond donors (Lipinski definition) is 3. The maximum Gasteiger partial charge on any atom is 0.392 e. The van der Waals surface area contributed by atoms with Crippen LogP contribution >= 0.6 is 0 Å². The molecule has 226 valence electrons. The number of likely N-dealkylation sites (tertiary alicyclic amines) is 1. The van der Waals surface area contributed by atoms with Crippen molar-refractivity contribution in [3.05, 3.63) is 11.3 Å². The molecule has 3 aliphatic heterocycles. The molecule has 3 saturated carbocycles. The maximum atomic E-state index is 14.1. The molecule has 0 bridgehead atoms. The average Bonchev–Trinajstić information content (AvgIpc) is 3.86. The Bertz CT molecular complexity index is 1210. The Morgan fingerprint density at radius 3 is 2.49 bits per heavy atom. The smallest absolute Gasteiger partial charge is 0.381 e. The standard InChI is InChI=1S/C28H39F3N6O4/c1-3-35-25-21(20(13-4-5-13)22(26(35)39)33-24(38)16-12-17(16)28(29,30)31)23(34-37(25)15-6-8-41-9-7-15)27(40)36-18-10-14(18)11-19(36)32-2/h13-20,22,27,32,40H,3-12H2,1-2H3,(H,33,38)/t14-,16?,17?,18-,19+,20+,22+,27?/m1/s1. The average molecular weight is 581 g/mol. The molecule has 7 rings (SSSR count). The first-order chi connectivity index (χ1) is 19.6. The Morgan fingerprint density at radius 2 is 1.88 bits per heavy atom. The maximum absolute atomic E-state index is 14.1. The van der Waals surface area contributed by atoms with Crippen LogP contribution in [0.4, 0.5) is 19.0 Å². The fraction of sp³-hybridized carbons (Fsp3) is 0.821. The summed E-state index contributed by atoms with van der Waals surface area (Å²) in [7, 11) is 1.88. The van der Waals surface area contributed by atoms with E-state index in [1.54, 1.807) is 4.90 Å². The van der Waals surface area contributed by atoms with Crippen molar-refractivity contribution in [1.29, 1.82) is 0 Å². The molecule has 3 unspecified atom stereocenters. The third-order valence-electron chi connectivity index (χ3n) is 10.3. The van der Waals surface area contributed by atoms with E-state index in [0.29, 0.717) is 37.2 Å². The molecule has 0 radical (unpaired) electrons. The first kappa shape index (κ1) is 27.6. The number of aliphatic hydroxyl groups excluding tert-OH is 1. The number of aliphatic hydroxyl groups is 1. The summed E-state index contributed by atoms with van der Waals surface area (Å²) in [6.07, 6.45) is -0.614. The van der Waals surface area contributed by atoms with Gasteiger partial charge in [-0.2, -0.15) is 18.3 Å². The summed E-state index contributed by atoms with van der Waals surface area (Å²) in [5, 5.41) is 23.2. The topological polar surface area (TPSA) is 112 Å². The van der Waals surface area contributed by atoms with Gasteiger partial charge in [0.05, 0.1) is 24.0 Å². The van der Waals surface area contributed by atoms with Gasteiger partial charge in [-0.25, -0.2) is 4.68 Å². The lowest BCUT2D eigenvalue weighted by Crippen LogP contribution is -2.56. The number of ether oxygens (including phenoxy) is 1. The van der Waals surface area contributed by atoms with Gasteiger partial charge < -0.3 is 20.5 Å². The van der Waals surface area contributed by atoms with Gasteiger partial charge in [0.25, 0.3) is 5.91 Å². The van der Waals surface area contributed by atoms with Gasteiger partial charge in [0, 0.05) is 37.3 Å². The highest BCUT2D eigenvalue weighted by molar-refractivity contribution is 6.03. The summed E-state index contributed by atoms with van der Waals surface area (Å²) in [5.74, 6) is -3.06. The van der Waals surface area contributed by atoms with Crippen LogP contribution in [0.2, 0.25) is 0 Å². The fourth-order valence-corrected chi connectivity index (χ4v) is 7.79. The largest absolute Gasteiger partial charge is 0.392 e. The van der Waals surface area contributed by atoms with E-state index < -0.39 is 42.1 Å². The Morgan fingerprint density at radius 1 is 1.15 bits per heavy atom. The highest BCUT2D eigenvalue weighted by Gasteiger charge is 2.61. The lowest BCUT2D eigenvalue weighted by atomic mass is 9.82. The number of likely N-dealkylation sites (N-methyl/N-ethyl adjacent to an activating group) is 1. The Labute approximate surface area is 236 Å². The molecule has 3 aliphatic carbocycles. The molecule has 10 nitrogen and oxygen atoms in total. The highest BCUT2D eigenvalue weighted by Crippen LogP contribution is 2.56. The van der Waals surface area contributed by atoms with Crippen molar-refractivity contribution in [2.75, 3.05) is 31.7 Å². The Kier molecular flexibility index (Phi) is 6.68. The number of piperidine rings is 1. The molecule has 3 N–H and O–H groups in total. The molecule has 1 aromatic heterocycles. The molecule has 0 spiro atoms. The molecular formula is C28H39F3N6O4. The zero-order valence-corrected chi connectivity index (χ0v) is 23.4. The van der Waals surface area contributed by atoms with Crippen molar-refractivity contribution in [3.63, 3.8) is 0 Å². The number of nitrogens with zero attached hydrogens (tertiary/aromatic N) is 4. The molecule has 1 aromatic rings. The first-order valence-corrected chi connectivity index (χ1v) is 15.1. The van der Waals surface area contributed by atoms with Crippen molar-refractivity contribution < 1.29 is 32.6 Å². The predicted octanol–water partition coefficient (Wildman–Crippen LogP) is 2.41. The fourth-order valence-electron chi connectivity index (χ4n) is 7.79. The molecule has 13 heteroatoms. The molecule has 5 fully saturated rings. The van der Waals surface area contributed by atoms with E-state index in [1.165, 1.54) is 0 Å². The number of aromatic nitrogens is 2. The molecule has 8 atom stereocenters. The number of amides is 2. The highest BCUT2D eigenvalue weighted by atomic mass is 19.4. The summed E-state index contributed by atoms with van der Waals surface area (Å²) in [5.41, 5.74) is 1.27. The Hall–Kier alpha value is -2.22. The van der Waals surface area contributed by atoms with Crippen LogP contribution in [-0.2, 0) is 14.3 Å². The molecule has 2 amide bonds. The molecule has 2 saturated heterocycles. The van der Waals surface area contributed by atoms with Crippen LogP contribution in [0.1, 0.15) is 81.3 Å². The monoisotopic (exact) mass is 580 g/mol. The number of anilines is 1. The molecule has 41 heavy (non-hydrogen) atoms. The van der Waals surface area contributed by atoms with Crippen LogP contribution in [0, 0.1) is 23.7 Å². The van der Waals surface area contributed by atoms with Crippen LogP contribution < -0.4 is 15.5 Å². The number of halogens is 3. The lowest BCUT2D eigenvalue weighted by molar-refractivity contribution is -0.155. The number of nitrogens with one attached hydrogen (secondary N) is 2. The third-order valence-corrected chi connectivity index (χ3v) is 10.3. The lowest BCUT2D eigenvalue weighted by Gasteiger charge is -2.40. The Balaban J connectivity index is 1.30. The van der Waals surface area contributed by atoms with Gasteiger partial charge in [-0.15, -0.1) is 0 Å². The minimum absolute atomic E-state index is 0.00539. The van der Waals surface area contributed by atoms with Crippen LogP contribution in [0.15, 0.2) is 0 Å². The minimum Gasteiger partial charge on any atom is -0.381 e. The van der Waals surface area contributed by atoms with Gasteiger partial charge in [0.2, 0.25) is 5.91 Å². The van der Waals surface area contributed by atoms with E-state index in [1.807, 2.05) is 18.7 Å². The molecular weight excluding hydrogens is 541 g/mol. The number of fused-ring (bicyclic) bond motifs is 2. The number of carbonyl (C=O) groups is 2. The van der Waals surface area contributed by atoms with Crippen molar-refractivity contribution in [2.24, 2.45) is 23.7 Å². The van der Waals surface area contributed by atoms with Gasteiger partial charge in [-0.3, -0.25) is 19.4 Å². The number of rotatable bonds is 8. The summed E-state index contributed by atoms with van der Waals surface area (Å²) >= 11 is 0. The second-order valence-electron chi connectivity index (χ2n) is 12.8. The second kappa shape index (κ2) is 9.92. The summed E-state index contributed by atoms with van der Waals surface area (Å²) < 4.78 is 47.4. The summed E-state index contributed by atoms with van der Waals surface area (Å²) in [6.45, 7) is 3.30. The number of alkyl halides is 3. The third kappa shape index (κ3) is 4.58. The van der Waals surface area contributed by atoms with Gasteiger partial charge in [0.1, 0.15) is 17.6 Å². The molecule has 6 aliphatic rings. The predicted molar refractivity (Wildman–Crippen MR) is 141 cm³/mol. The van der Waals surface area contributed by atoms with Crippen molar-refractivity contribution >= 4 is 17.6 Å². The molecule has 0 aromatic carbocycles. The van der Waals surface area contributed by atoms with Crippen LogP contribution in [0.25, 0.3) is 0 Å². The minimum atomic E-state index is -4.43. The van der Waals surface area contributed by atoms with E-state index in [0.717, 1.165) is 44.1 Å². The zero-order chi connectivity index (χ0) is 28.8. The van der Waals surface area contributed by atoms with Crippen molar-refractivity contribution in [3.8, 4) is 0 Å². The van der Waals surface area contributed by atoms with E-state index in [4.69, 9.17) is 9.84 Å². The normalized spacial score (nSPS) is 36.2. The van der Waals surface area contributed by atoms with E-state index in [-0.39, 0.29) is 36.5 Å². The number of carbonyl (C=O) groups excluding carboxylic acids is 2. The van der Waals surface area contributed by atoms with Crippen LogP contribution in [0.3, 0.4) is 0 Å². The quantitative estimate of drug-likeness (QED) is 0.433. The van der Waals surface area contributed by atoms with Gasteiger partial charge in [0.15, 0.2) is 6.23 Å².